The van der Waals surface area contributed by atoms with Crippen LogP contribution in [-0.4, -0.2) is 49.6 Å². The van der Waals surface area contributed by atoms with E-state index >= 15 is 0 Å². The van der Waals surface area contributed by atoms with Gasteiger partial charge in [-0.25, -0.2) is 0 Å². The lowest BCUT2D eigenvalue weighted by Crippen LogP contribution is -2.44. The summed E-state index contributed by atoms with van der Waals surface area (Å²) in [5.41, 5.74) is 2.13. The average Bonchev–Trinajstić information content (AvgIpc) is 2.73. The maximum absolute atomic E-state index is 12.0. The number of carbonyl (C=O) groups excluding carboxylic acids is 2. The number of carbonyl (C=O) groups is 2. The molecule has 126 valence electrons. The Kier molecular flexibility index (Phi) is 5.84. The van der Waals surface area contributed by atoms with Crippen molar-refractivity contribution in [2.75, 3.05) is 32.1 Å². The molecule has 1 aromatic rings. The van der Waals surface area contributed by atoms with Crippen molar-refractivity contribution in [1.82, 2.24) is 4.90 Å². The van der Waals surface area contributed by atoms with E-state index in [0.717, 1.165) is 30.0 Å². The van der Waals surface area contributed by atoms with E-state index < -0.39 is 0 Å². The molecule has 6 heteroatoms. The van der Waals surface area contributed by atoms with Crippen molar-refractivity contribution in [3.05, 3.63) is 23.8 Å². The molecule has 0 spiro atoms. The smallest absolute Gasteiger partial charge is 0.325 e. The lowest BCUT2D eigenvalue weighted by molar-refractivity contribution is -0.149. The van der Waals surface area contributed by atoms with Gasteiger partial charge in [0.15, 0.2) is 0 Å². The summed E-state index contributed by atoms with van der Waals surface area (Å²) >= 11 is 0. The second-order valence-corrected chi connectivity index (χ2v) is 5.55. The van der Waals surface area contributed by atoms with E-state index in [1.54, 1.807) is 18.9 Å². The number of nitrogens with zero attached hydrogens (tertiary/aromatic N) is 1. The van der Waals surface area contributed by atoms with Crippen LogP contribution in [0.5, 0.6) is 5.75 Å². The number of benzene rings is 1. The van der Waals surface area contributed by atoms with Gasteiger partial charge in [0.25, 0.3) is 0 Å². The van der Waals surface area contributed by atoms with E-state index in [0.29, 0.717) is 13.0 Å². The zero-order valence-corrected chi connectivity index (χ0v) is 13.9. The van der Waals surface area contributed by atoms with Gasteiger partial charge in [-0.1, -0.05) is 6.07 Å². The summed E-state index contributed by atoms with van der Waals surface area (Å²) in [5, 5.41) is 3.37. The van der Waals surface area contributed by atoms with E-state index in [-0.39, 0.29) is 24.5 Å². The van der Waals surface area contributed by atoms with Crippen molar-refractivity contribution in [3.8, 4) is 5.75 Å². The largest absolute Gasteiger partial charge is 0.497 e. The van der Waals surface area contributed by atoms with Crippen molar-refractivity contribution in [1.29, 1.82) is 0 Å². The Balaban J connectivity index is 2.16. The van der Waals surface area contributed by atoms with Gasteiger partial charge in [0.1, 0.15) is 12.3 Å². The Bertz CT molecular complexity index is 574. The predicted octanol–water partition coefficient (Wildman–Crippen LogP) is 1.83. The van der Waals surface area contributed by atoms with Gasteiger partial charge in [0.2, 0.25) is 5.91 Å². The number of amides is 1. The maximum atomic E-state index is 12.0. The maximum Gasteiger partial charge on any atom is 0.325 e. The first-order chi connectivity index (χ1) is 11.0. The quantitative estimate of drug-likeness (QED) is 0.839. The van der Waals surface area contributed by atoms with Crippen molar-refractivity contribution in [2.24, 2.45) is 0 Å². The lowest BCUT2D eigenvalue weighted by atomic mass is 10.0. The zero-order valence-electron chi connectivity index (χ0n) is 13.9. The van der Waals surface area contributed by atoms with Crippen molar-refractivity contribution < 1.29 is 19.1 Å². The fourth-order valence-electron chi connectivity index (χ4n) is 2.86. The van der Waals surface area contributed by atoms with Crippen LogP contribution in [0, 0.1) is 0 Å². The molecule has 1 unspecified atom stereocenters. The van der Waals surface area contributed by atoms with Gasteiger partial charge in [0.05, 0.1) is 13.7 Å². The number of hydrogen-bond donors (Lipinski definition) is 1. The van der Waals surface area contributed by atoms with Gasteiger partial charge in [-0.05, 0) is 31.4 Å². The molecule has 1 aromatic carbocycles. The van der Waals surface area contributed by atoms with Crippen LogP contribution in [0.25, 0.3) is 0 Å². The molecule has 1 N–H and O–H groups in total. The van der Waals surface area contributed by atoms with Crippen LogP contribution in [0.2, 0.25) is 0 Å². The predicted molar refractivity (Wildman–Crippen MR) is 87.6 cm³/mol. The van der Waals surface area contributed by atoms with Gasteiger partial charge >= 0.3 is 5.97 Å². The molecule has 6 nitrogen and oxygen atoms in total. The monoisotopic (exact) mass is 320 g/mol. The van der Waals surface area contributed by atoms with Gasteiger partial charge in [0, 0.05) is 31.3 Å². The van der Waals surface area contributed by atoms with Crippen LogP contribution in [0.1, 0.15) is 25.8 Å². The van der Waals surface area contributed by atoms with E-state index in [2.05, 4.69) is 5.32 Å². The molecular weight excluding hydrogens is 296 g/mol. The van der Waals surface area contributed by atoms with E-state index in [4.69, 9.17) is 9.47 Å². The topological polar surface area (TPSA) is 67.9 Å². The van der Waals surface area contributed by atoms with Crippen molar-refractivity contribution >= 4 is 17.6 Å². The molecule has 1 aliphatic heterocycles. The molecule has 1 aliphatic rings. The Morgan fingerprint density at radius 1 is 1.39 bits per heavy atom. The molecule has 2 rings (SSSR count). The van der Waals surface area contributed by atoms with E-state index in [1.807, 2.05) is 18.2 Å². The van der Waals surface area contributed by atoms with Gasteiger partial charge in [-0.3, -0.25) is 9.59 Å². The zero-order chi connectivity index (χ0) is 16.8. The molecule has 1 atom stereocenters. The summed E-state index contributed by atoms with van der Waals surface area (Å²) < 4.78 is 10.2. The molecule has 0 saturated carbocycles. The molecule has 0 saturated heterocycles. The summed E-state index contributed by atoms with van der Waals surface area (Å²) in [6.07, 6.45) is 1.47. The standard InChI is InChI=1S/C17H24N2O4/c1-4-23-17(21)11-19(12(2)20)14-7-8-18-16-10-15(22-3)6-5-13(16)9-14/h5-6,10,14,18H,4,7-9,11H2,1-3H3. The number of nitrogens with one attached hydrogen (secondary N) is 1. The number of ether oxygens (including phenoxy) is 2. The molecule has 23 heavy (non-hydrogen) atoms. The number of esters is 1. The second kappa shape index (κ2) is 7.85. The van der Waals surface area contributed by atoms with Gasteiger partial charge in [-0.2, -0.15) is 0 Å². The average molecular weight is 320 g/mol. The number of methoxy groups -OCH3 is 1. The Hall–Kier alpha value is -2.24. The molecular formula is C17H24N2O4. The third kappa shape index (κ3) is 4.37. The Morgan fingerprint density at radius 2 is 2.17 bits per heavy atom. The fraction of sp³-hybridized carbons (Fsp3) is 0.529. The Labute approximate surface area is 136 Å². The Morgan fingerprint density at radius 3 is 2.83 bits per heavy atom. The van der Waals surface area contributed by atoms with Crippen LogP contribution < -0.4 is 10.1 Å². The molecule has 0 aliphatic carbocycles. The minimum Gasteiger partial charge on any atom is -0.497 e. The number of fused-ring (bicyclic) bond motifs is 1. The first-order valence-electron chi connectivity index (χ1n) is 7.88. The van der Waals surface area contributed by atoms with Crippen molar-refractivity contribution in [3.63, 3.8) is 0 Å². The van der Waals surface area contributed by atoms with Gasteiger partial charge in [-0.15, -0.1) is 0 Å². The van der Waals surface area contributed by atoms with Crippen LogP contribution >= 0.6 is 0 Å². The summed E-state index contributed by atoms with van der Waals surface area (Å²) in [7, 11) is 1.64. The molecule has 1 amide bonds. The minimum absolute atomic E-state index is 0.000667. The highest BCUT2D eigenvalue weighted by Crippen LogP contribution is 2.28. The number of rotatable bonds is 5. The van der Waals surface area contributed by atoms with Crippen LogP contribution in [0.3, 0.4) is 0 Å². The highest BCUT2D eigenvalue weighted by atomic mass is 16.5. The fourth-order valence-corrected chi connectivity index (χ4v) is 2.86. The molecule has 0 bridgehead atoms. The summed E-state index contributed by atoms with van der Waals surface area (Å²) in [6, 6.07) is 5.84. The number of hydrogen-bond acceptors (Lipinski definition) is 5. The number of anilines is 1. The SMILES string of the molecule is CCOC(=O)CN(C(C)=O)C1CCNc2cc(OC)ccc2C1. The lowest BCUT2D eigenvalue weighted by Gasteiger charge is -2.29. The molecule has 0 aromatic heterocycles. The van der Waals surface area contributed by atoms with E-state index in [1.165, 1.54) is 6.92 Å². The normalized spacial score (nSPS) is 16.6. The van der Waals surface area contributed by atoms with Crippen LogP contribution in [0.15, 0.2) is 18.2 Å². The summed E-state index contributed by atoms with van der Waals surface area (Å²) in [5.74, 6) is 0.319. The third-order valence-electron chi connectivity index (χ3n) is 4.02. The second-order valence-electron chi connectivity index (χ2n) is 5.55. The highest BCUT2D eigenvalue weighted by molar-refractivity contribution is 5.81. The first-order valence-corrected chi connectivity index (χ1v) is 7.88. The van der Waals surface area contributed by atoms with Crippen molar-refractivity contribution in [2.45, 2.75) is 32.7 Å². The molecule has 1 heterocycles. The van der Waals surface area contributed by atoms with Crippen LogP contribution in [0.4, 0.5) is 5.69 Å². The highest BCUT2D eigenvalue weighted by Gasteiger charge is 2.26. The summed E-state index contributed by atoms with van der Waals surface area (Å²) in [4.78, 5) is 25.4. The third-order valence-corrected chi connectivity index (χ3v) is 4.02. The first kappa shape index (κ1) is 17.1. The minimum atomic E-state index is -0.366. The summed E-state index contributed by atoms with van der Waals surface area (Å²) in [6.45, 7) is 4.30. The van der Waals surface area contributed by atoms with Gasteiger partial charge < -0.3 is 19.7 Å². The van der Waals surface area contributed by atoms with E-state index in [9.17, 15) is 9.59 Å². The van der Waals surface area contributed by atoms with Crippen LogP contribution in [-0.2, 0) is 20.7 Å². The molecule has 0 radical (unpaired) electrons. The molecule has 0 fully saturated rings.